The number of ether oxygens (including phenoxy) is 1. The molecule has 3 aromatic carbocycles. The SMILES string of the molecule is Cc1cc(OCCCc2c3n(c4c(-c5c(C)nn(C)c5C)c(Cl)ccc24)[C@H](C)CN(c2cc(CCN4CCCCC4)cc4cc(C(=O)O)n(C)c24)C3=O)cc(C)c1Cl. The Morgan fingerprint density at radius 1 is 0.931 bits per heavy atom. The molecule has 0 saturated carbocycles. The van der Waals surface area contributed by atoms with Crippen molar-refractivity contribution < 1.29 is 19.4 Å². The van der Waals surface area contributed by atoms with Gasteiger partial charge in [0.25, 0.3) is 5.91 Å². The highest BCUT2D eigenvalue weighted by molar-refractivity contribution is 6.35. The minimum atomic E-state index is -1.00. The van der Waals surface area contributed by atoms with E-state index in [4.69, 9.17) is 33.0 Å². The number of amides is 1. The Bertz CT molecular complexity index is 2590. The van der Waals surface area contributed by atoms with Gasteiger partial charge in [-0.2, -0.15) is 5.10 Å². The number of carboxylic acids is 1. The first-order valence-electron chi connectivity index (χ1n) is 20.4. The quantitative estimate of drug-likeness (QED) is 0.131. The van der Waals surface area contributed by atoms with E-state index in [2.05, 4.69) is 34.6 Å². The zero-order valence-corrected chi connectivity index (χ0v) is 36.0. The van der Waals surface area contributed by atoms with Crippen molar-refractivity contribution in [3.8, 4) is 16.9 Å². The van der Waals surface area contributed by atoms with E-state index in [9.17, 15) is 9.90 Å². The molecule has 1 fully saturated rings. The van der Waals surface area contributed by atoms with E-state index in [-0.39, 0.29) is 17.6 Å². The molecule has 1 atom stereocenters. The van der Waals surface area contributed by atoms with Crippen LogP contribution in [0.2, 0.25) is 10.0 Å². The topological polar surface area (TPSA) is 97.8 Å². The predicted molar refractivity (Wildman–Crippen MR) is 234 cm³/mol. The van der Waals surface area contributed by atoms with Gasteiger partial charge in [-0.1, -0.05) is 35.7 Å². The fourth-order valence-electron chi connectivity index (χ4n) is 9.50. The van der Waals surface area contributed by atoms with Crippen LogP contribution in [0, 0.1) is 27.7 Å². The second-order valence-corrected chi connectivity index (χ2v) is 17.2. The third-order valence-electron chi connectivity index (χ3n) is 12.4. The third-order valence-corrected chi connectivity index (χ3v) is 13.3. The van der Waals surface area contributed by atoms with Gasteiger partial charge >= 0.3 is 5.97 Å². The van der Waals surface area contributed by atoms with Crippen molar-refractivity contribution in [3.63, 3.8) is 0 Å². The van der Waals surface area contributed by atoms with Gasteiger partial charge in [0, 0.05) is 65.8 Å². The van der Waals surface area contributed by atoms with Crippen molar-refractivity contribution in [2.24, 2.45) is 14.1 Å². The first-order valence-corrected chi connectivity index (χ1v) is 21.2. The van der Waals surface area contributed by atoms with E-state index in [0.717, 1.165) is 109 Å². The van der Waals surface area contributed by atoms with Gasteiger partial charge in [-0.3, -0.25) is 9.48 Å². The number of nitrogens with zero attached hydrogens (tertiary/aromatic N) is 6. The summed E-state index contributed by atoms with van der Waals surface area (Å²) in [5, 5.41) is 18.1. The van der Waals surface area contributed by atoms with Crippen LogP contribution in [0.3, 0.4) is 0 Å². The first-order chi connectivity index (χ1) is 27.7. The molecule has 3 aromatic heterocycles. The summed E-state index contributed by atoms with van der Waals surface area (Å²) in [6.45, 7) is 14.1. The number of carbonyl (C=O) groups excluding carboxylic acids is 1. The number of anilines is 1. The molecule has 8 rings (SSSR count). The summed E-state index contributed by atoms with van der Waals surface area (Å²) in [5.41, 5.74) is 10.9. The Kier molecular flexibility index (Phi) is 10.9. The zero-order valence-electron chi connectivity index (χ0n) is 34.5. The molecule has 1 saturated heterocycles. The molecule has 0 unspecified atom stereocenters. The van der Waals surface area contributed by atoms with E-state index >= 15 is 4.79 Å². The molecule has 0 bridgehead atoms. The number of likely N-dealkylation sites (tertiary alicyclic amines) is 1. The molecule has 2 aliphatic rings. The van der Waals surface area contributed by atoms with E-state index in [0.29, 0.717) is 36.7 Å². The van der Waals surface area contributed by atoms with Crippen molar-refractivity contribution in [3.05, 3.63) is 97.5 Å². The van der Waals surface area contributed by atoms with Crippen molar-refractivity contribution in [1.82, 2.24) is 23.8 Å². The summed E-state index contributed by atoms with van der Waals surface area (Å²) in [6.07, 6.45) is 5.74. The van der Waals surface area contributed by atoms with Crippen LogP contribution in [-0.2, 0) is 26.9 Å². The lowest BCUT2D eigenvalue weighted by molar-refractivity contribution is 0.0687. The molecule has 1 N–H and O–H groups in total. The molecule has 12 heteroatoms. The van der Waals surface area contributed by atoms with Gasteiger partial charge in [0.15, 0.2) is 0 Å². The molecule has 5 heterocycles. The fraction of sp³-hybridized carbons (Fsp3) is 0.413. The molecule has 1 amide bonds. The average molecular weight is 824 g/mol. The van der Waals surface area contributed by atoms with E-state index < -0.39 is 5.97 Å². The lowest BCUT2D eigenvalue weighted by Crippen LogP contribution is -2.43. The second kappa shape index (κ2) is 15.8. The van der Waals surface area contributed by atoms with Crippen LogP contribution in [0.4, 0.5) is 5.69 Å². The highest BCUT2D eigenvalue weighted by Crippen LogP contribution is 2.46. The van der Waals surface area contributed by atoms with Crippen LogP contribution in [0.5, 0.6) is 5.75 Å². The maximum Gasteiger partial charge on any atom is 0.352 e. The molecule has 0 spiro atoms. The molecule has 6 aromatic rings. The van der Waals surface area contributed by atoms with Gasteiger partial charge in [0.05, 0.1) is 34.0 Å². The number of carboxylic acid groups (broad SMARTS) is 1. The molecule has 304 valence electrons. The summed E-state index contributed by atoms with van der Waals surface area (Å²) in [4.78, 5) is 32.3. The number of carbonyl (C=O) groups is 2. The second-order valence-electron chi connectivity index (χ2n) is 16.4. The van der Waals surface area contributed by atoms with Crippen molar-refractivity contribution in [1.29, 1.82) is 0 Å². The number of halogens is 2. The highest BCUT2D eigenvalue weighted by atomic mass is 35.5. The maximum atomic E-state index is 15.5. The van der Waals surface area contributed by atoms with Crippen LogP contribution >= 0.6 is 23.2 Å². The van der Waals surface area contributed by atoms with Gasteiger partial charge in [-0.25, -0.2) is 4.79 Å². The summed E-state index contributed by atoms with van der Waals surface area (Å²) in [7, 11) is 3.72. The largest absolute Gasteiger partial charge is 0.494 e. The smallest absolute Gasteiger partial charge is 0.352 e. The summed E-state index contributed by atoms with van der Waals surface area (Å²) >= 11 is 13.6. The van der Waals surface area contributed by atoms with Crippen LogP contribution in [0.1, 0.15) is 93.3 Å². The van der Waals surface area contributed by atoms with E-state index in [1.165, 1.54) is 19.3 Å². The number of piperidine rings is 1. The Labute approximate surface area is 349 Å². The van der Waals surface area contributed by atoms with Crippen LogP contribution in [0.25, 0.3) is 32.9 Å². The number of benzene rings is 3. The Hall–Kier alpha value is -4.77. The molecule has 0 radical (unpaired) electrons. The zero-order chi connectivity index (χ0) is 41.2. The summed E-state index contributed by atoms with van der Waals surface area (Å²) < 4.78 is 12.1. The van der Waals surface area contributed by atoms with Gasteiger partial charge in [-0.05, 0) is 138 Å². The molecule has 2 aliphatic heterocycles. The number of aromatic nitrogens is 4. The minimum absolute atomic E-state index is 0.122. The number of rotatable bonds is 11. The van der Waals surface area contributed by atoms with E-state index in [1.807, 2.05) is 62.5 Å². The van der Waals surface area contributed by atoms with Crippen molar-refractivity contribution >= 4 is 62.6 Å². The molecule has 0 aliphatic carbocycles. The first kappa shape index (κ1) is 40.0. The third kappa shape index (κ3) is 6.96. The van der Waals surface area contributed by atoms with Gasteiger partial charge in [0.2, 0.25) is 0 Å². The monoisotopic (exact) mass is 822 g/mol. The summed E-state index contributed by atoms with van der Waals surface area (Å²) in [5.74, 6) is -0.358. The highest BCUT2D eigenvalue weighted by Gasteiger charge is 2.38. The van der Waals surface area contributed by atoms with Crippen molar-refractivity contribution in [2.75, 3.05) is 37.7 Å². The number of aryl methyl sites for hydroxylation is 6. The van der Waals surface area contributed by atoms with Gasteiger partial charge < -0.3 is 28.8 Å². The minimum Gasteiger partial charge on any atom is -0.494 e. The standard InChI is InChI=1S/C46H52Cl2N6O4/c1-26-20-33(21-27(2)41(26)48)58-19-11-12-34-35-13-14-36(47)40(39-29(4)49-51(7)30(39)5)43(35)54-28(3)25-53(45(55)44(34)54)37-23-31(15-18-52-16-9-8-10-17-52)22-32-24-38(46(56)57)50(6)42(32)37/h13-14,20-24,28H,8-12,15-19,25H2,1-7H3,(H,56,57)/t28-/m1/s1. The number of hydrogen-bond acceptors (Lipinski definition) is 5. The van der Waals surface area contributed by atoms with Crippen LogP contribution < -0.4 is 9.64 Å². The summed E-state index contributed by atoms with van der Waals surface area (Å²) in [6, 6.07) is 13.7. The van der Waals surface area contributed by atoms with Crippen molar-refractivity contribution in [2.45, 2.75) is 79.2 Å². The van der Waals surface area contributed by atoms with Gasteiger partial charge in [0.1, 0.15) is 17.1 Å². The predicted octanol–water partition coefficient (Wildman–Crippen LogP) is 10.0. The van der Waals surface area contributed by atoms with E-state index in [1.54, 1.807) is 17.7 Å². The maximum absolute atomic E-state index is 15.5. The molecular formula is C46H52Cl2N6O4. The molecule has 10 nitrogen and oxygen atoms in total. The average Bonchev–Trinajstić information content (AvgIpc) is 3.80. The lowest BCUT2D eigenvalue weighted by atomic mass is 9.98. The number of hydrogen-bond donors (Lipinski definition) is 1. The Morgan fingerprint density at radius 3 is 2.33 bits per heavy atom. The van der Waals surface area contributed by atoms with Crippen LogP contribution in [-0.4, -0.2) is 73.6 Å². The normalized spacial score (nSPS) is 16.2. The number of fused-ring (bicyclic) bond motifs is 4. The number of aromatic carboxylic acids is 1. The van der Waals surface area contributed by atoms with Crippen LogP contribution in [0.15, 0.2) is 42.5 Å². The molecule has 58 heavy (non-hydrogen) atoms. The Balaban J connectivity index is 1.26. The van der Waals surface area contributed by atoms with Gasteiger partial charge in [-0.15, -0.1) is 0 Å². The Morgan fingerprint density at radius 2 is 1.66 bits per heavy atom. The molecular weight excluding hydrogens is 771 g/mol. The lowest BCUT2D eigenvalue weighted by Gasteiger charge is -2.35. The fourth-order valence-corrected chi connectivity index (χ4v) is 9.86.